The van der Waals surface area contributed by atoms with Gasteiger partial charge in [0.25, 0.3) is 0 Å². The van der Waals surface area contributed by atoms with Crippen molar-refractivity contribution in [3.05, 3.63) is 0 Å². The van der Waals surface area contributed by atoms with Crippen LogP contribution in [0.4, 0.5) is 0 Å². The van der Waals surface area contributed by atoms with E-state index in [4.69, 9.17) is 5.73 Å². The molecule has 0 amide bonds. The summed E-state index contributed by atoms with van der Waals surface area (Å²) in [5.74, 6) is 0.492. The molecule has 0 rings (SSSR count). The monoisotopic (exact) mass is 114 g/mol. The molecule has 47 valence electrons. The van der Waals surface area contributed by atoms with Gasteiger partial charge >= 0.3 is 0 Å². The van der Waals surface area contributed by atoms with Gasteiger partial charge in [0.1, 0.15) is 0 Å². The number of nitrogens with two attached hydrogens (primary N) is 1. The summed E-state index contributed by atoms with van der Waals surface area (Å²) in [4.78, 5) is 9.79. The number of rotatable bonds is 3. The van der Waals surface area contributed by atoms with Gasteiger partial charge in [-0.25, -0.2) is 0 Å². The van der Waals surface area contributed by atoms with Crippen LogP contribution in [-0.4, -0.2) is 12.3 Å². The van der Waals surface area contributed by atoms with E-state index in [1.165, 1.54) is 0 Å². The molecule has 0 aromatic carbocycles. The molecule has 0 bridgehead atoms. The van der Waals surface area contributed by atoms with Crippen LogP contribution in [0.5, 0.6) is 0 Å². The van der Waals surface area contributed by atoms with Gasteiger partial charge in [0.15, 0.2) is 0 Å². The van der Waals surface area contributed by atoms with Crippen molar-refractivity contribution >= 4 is 6.29 Å². The minimum absolute atomic E-state index is 0.380. The summed E-state index contributed by atoms with van der Waals surface area (Å²) in [7, 11) is 0. The maximum atomic E-state index is 9.79. The van der Waals surface area contributed by atoms with Gasteiger partial charge in [0.2, 0.25) is 6.29 Å². The van der Waals surface area contributed by atoms with Crippen molar-refractivity contribution < 1.29 is 4.79 Å². The molecule has 2 heteroatoms. The smallest absolute Gasteiger partial charge is 0.216 e. The lowest BCUT2D eigenvalue weighted by atomic mass is 10.1. The molecule has 0 heterocycles. The zero-order chi connectivity index (χ0) is 6.57. The van der Waals surface area contributed by atoms with Gasteiger partial charge in [-0.15, -0.1) is 0 Å². The number of hydrogen-bond donors (Lipinski definition) is 1. The van der Waals surface area contributed by atoms with E-state index < -0.39 is 0 Å². The summed E-state index contributed by atoms with van der Waals surface area (Å²) >= 11 is 0. The van der Waals surface area contributed by atoms with Crippen LogP contribution >= 0.6 is 0 Å². The summed E-state index contributed by atoms with van der Waals surface area (Å²) in [6.07, 6.45) is 2.46. The third-order valence-corrected chi connectivity index (χ3v) is 0.877. The summed E-state index contributed by atoms with van der Waals surface area (Å²) in [6, 6.07) is -0.380. The second-order valence-corrected chi connectivity index (χ2v) is 2.35. The van der Waals surface area contributed by atoms with Crippen molar-refractivity contribution in [1.82, 2.24) is 0 Å². The Bertz CT molecular complexity index is 70.9. The average molecular weight is 114 g/mol. The zero-order valence-corrected chi connectivity index (χ0v) is 5.35. The molecule has 0 fully saturated rings. The molecule has 8 heavy (non-hydrogen) atoms. The first-order valence-electron chi connectivity index (χ1n) is 2.80. The fourth-order valence-electron chi connectivity index (χ4n) is 0.556. The minimum Gasteiger partial charge on any atom is -0.321 e. The number of carbonyl (C=O) groups excluding carboxylic acids is 1. The summed E-state index contributed by atoms with van der Waals surface area (Å²) in [6.45, 7) is 4.05. The van der Waals surface area contributed by atoms with Gasteiger partial charge in [-0.1, -0.05) is 13.8 Å². The zero-order valence-electron chi connectivity index (χ0n) is 5.35. The van der Waals surface area contributed by atoms with Crippen molar-refractivity contribution in [1.29, 1.82) is 0 Å². The molecule has 0 aliphatic heterocycles. The molecule has 2 nitrogen and oxygen atoms in total. The third kappa shape index (κ3) is 3.81. The molecular formula is C6H12NO. The van der Waals surface area contributed by atoms with Gasteiger partial charge in [-0.3, -0.25) is 4.79 Å². The Kier molecular flexibility index (Phi) is 3.44. The van der Waals surface area contributed by atoms with Gasteiger partial charge in [0, 0.05) is 0 Å². The molecule has 0 saturated carbocycles. The van der Waals surface area contributed by atoms with Crippen molar-refractivity contribution in [3.8, 4) is 0 Å². The van der Waals surface area contributed by atoms with Crippen LogP contribution in [0, 0.1) is 5.92 Å². The van der Waals surface area contributed by atoms with Crippen LogP contribution in [-0.2, 0) is 4.79 Å². The first kappa shape index (κ1) is 7.63. The fraction of sp³-hybridized carbons (Fsp3) is 0.833. The molecule has 1 radical (unpaired) electrons. The molecule has 0 aromatic rings. The standard InChI is InChI=1S/C6H12NO/c1-5(2)3-6(7)4-8/h5-6H,3,7H2,1-2H3. The van der Waals surface area contributed by atoms with Crippen molar-refractivity contribution in [2.24, 2.45) is 11.7 Å². The molecule has 1 unspecified atom stereocenters. The third-order valence-electron chi connectivity index (χ3n) is 0.877. The molecule has 0 aromatic heterocycles. The Hall–Kier alpha value is -0.370. The fourth-order valence-corrected chi connectivity index (χ4v) is 0.556. The van der Waals surface area contributed by atoms with Gasteiger partial charge in [-0.05, 0) is 12.3 Å². The average Bonchev–Trinajstić information content (AvgIpc) is 1.65. The Morgan fingerprint density at radius 1 is 1.62 bits per heavy atom. The summed E-state index contributed by atoms with van der Waals surface area (Å²) < 4.78 is 0. The lowest BCUT2D eigenvalue weighted by molar-refractivity contribution is 0.505. The Balaban J connectivity index is 3.23. The van der Waals surface area contributed by atoms with Gasteiger partial charge in [-0.2, -0.15) is 0 Å². The van der Waals surface area contributed by atoms with Crippen LogP contribution in [0.3, 0.4) is 0 Å². The maximum absolute atomic E-state index is 9.79. The topological polar surface area (TPSA) is 43.1 Å². The van der Waals surface area contributed by atoms with E-state index in [0.717, 1.165) is 6.42 Å². The first-order valence-corrected chi connectivity index (χ1v) is 2.80. The summed E-state index contributed by atoms with van der Waals surface area (Å²) in [5.41, 5.74) is 5.25. The number of hydrogen-bond acceptors (Lipinski definition) is 2. The first-order chi connectivity index (χ1) is 3.66. The van der Waals surface area contributed by atoms with Crippen LogP contribution < -0.4 is 5.73 Å². The molecule has 2 N–H and O–H groups in total. The van der Waals surface area contributed by atoms with E-state index in [-0.39, 0.29) is 6.04 Å². The van der Waals surface area contributed by atoms with Crippen molar-refractivity contribution in [3.63, 3.8) is 0 Å². The van der Waals surface area contributed by atoms with Crippen LogP contribution in [0.15, 0.2) is 0 Å². The van der Waals surface area contributed by atoms with Gasteiger partial charge in [0.05, 0.1) is 6.04 Å². The molecule has 1 atom stereocenters. The van der Waals surface area contributed by atoms with E-state index in [1.54, 1.807) is 6.29 Å². The Morgan fingerprint density at radius 2 is 2.12 bits per heavy atom. The normalized spacial score (nSPS) is 14.0. The van der Waals surface area contributed by atoms with Crippen molar-refractivity contribution in [2.75, 3.05) is 0 Å². The second-order valence-electron chi connectivity index (χ2n) is 2.35. The molecule has 0 spiro atoms. The minimum atomic E-state index is -0.380. The van der Waals surface area contributed by atoms with Crippen molar-refractivity contribution in [2.45, 2.75) is 26.3 Å². The molecule has 0 aliphatic carbocycles. The molecular weight excluding hydrogens is 102 g/mol. The predicted molar refractivity (Wildman–Crippen MR) is 33.1 cm³/mol. The highest BCUT2D eigenvalue weighted by Gasteiger charge is 2.02. The maximum Gasteiger partial charge on any atom is 0.216 e. The highest BCUT2D eigenvalue weighted by Crippen LogP contribution is 1.99. The van der Waals surface area contributed by atoms with E-state index >= 15 is 0 Å². The molecule has 0 aliphatic rings. The van der Waals surface area contributed by atoms with E-state index in [9.17, 15) is 4.79 Å². The SMILES string of the molecule is CC(C)CC(N)[C]=O. The predicted octanol–water partition coefficient (Wildman–Crippen LogP) is 0.470. The molecule has 0 saturated heterocycles. The summed E-state index contributed by atoms with van der Waals surface area (Å²) in [5, 5.41) is 0. The van der Waals surface area contributed by atoms with E-state index in [0.29, 0.717) is 5.92 Å². The second kappa shape index (κ2) is 3.61. The van der Waals surface area contributed by atoms with E-state index in [2.05, 4.69) is 0 Å². The lowest BCUT2D eigenvalue weighted by Gasteiger charge is -2.03. The van der Waals surface area contributed by atoms with Crippen LogP contribution in [0.25, 0.3) is 0 Å². The Labute approximate surface area is 50.1 Å². The highest BCUT2D eigenvalue weighted by molar-refractivity contribution is 5.57. The van der Waals surface area contributed by atoms with Crippen LogP contribution in [0.1, 0.15) is 20.3 Å². The van der Waals surface area contributed by atoms with E-state index in [1.807, 2.05) is 13.8 Å². The lowest BCUT2D eigenvalue weighted by Crippen LogP contribution is -2.22. The highest BCUT2D eigenvalue weighted by atomic mass is 16.1. The largest absolute Gasteiger partial charge is 0.321 e. The Morgan fingerprint density at radius 3 is 2.25 bits per heavy atom. The van der Waals surface area contributed by atoms with Crippen LogP contribution in [0.2, 0.25) is 0 Å². The quantitative estimate of drug-likeness (QED) is 0.579. The van der Waals surface area contributed by atoms with Gasteiger partial charge < -0.3 is 5.73 Å².